The molecule has 7 heteroatoms. The fourth-order valence-corrected chi connectivity index (χ4v) is 1.77. The summed E-state index contributed by atoms with van der Waals surface area (Å²) >= 11 is 0. The van der Waals surface area contributed by atoms with Crippen molar-refractivity contribution in [3.63, 3.8) is 0 Å². The van der Waals surface area contributed by atoms with Crippen molar-refractivity contribution in [1.29, 1.82) is 5.26 Å². The van der Waals surface area contributed by atoms with Crippen LogP contribution in [-0.2, 0) is 16.4 Å². The lowest BCUT2D eigenvalue weighted by Gasteiger charge is -2.00. The van der Waals surface area contributed by atoms with E-state index in [0.29, 0.717) is 0 Å². The molecule has 0 saturated carbocycles. The van der Waals surface area contributed by atoms with Crippen molar-refractivity contribution < 1.29 is 8.42 Å². The number of aryl methyl sites for hydroxylation is 1. The first kappa shape index (κ1) is 11.5. The molecule has 0 amide bonds. The maximum absolute atomic E-state index is 11.2. The molecule has 6 nitrogen and oxygen atoms in total. The average molecular weight is 228 g/mol. The third kappa shape index (κ3) is 2.95. The molecule has 0 fully saturated rings. The largest absolute Gasteiger partial charge is 0.381 e. The molecule has 0 aliphatic rings. The van der Waals surface area contributed by atoms with Crippen LogP contribution in [0.15, 0.2) is 6.20 Å². The van der Waals surface area contributed by atoms with Crippen LogP contribution in [0.4, 0.5) is 5.82 Å². The van der Waals surface area contributed by atoms with Gasteiger partial charge in [-0.3, -0.25) is 4.68 Å². The lowest BCUT2D eigenvalue weighted by molar-refractivity contribution is 0.582. The van der Waals surface area contributed by atoms with Crippen LogP contribution in [0.25, 0.3) is 0 Å². The van der Waals surface area contributed by atoms with Gasteiger partial charge in [0.25, 0.3) is 0 Å². The maximum Gasteiger partial charge on any atom is 0.163 e. The van der Waals surface area contributed by atoms with Crippen molar-refractivity contribution in [2.75, 3.05) is 17.2 Å². The van der Waals surface area contributed by atoms with Gasteiger partial charge in [-0.15, -0.1) is 0 Å². The van der Waals surface area contributed by atoms with Crippen LogP contribution in [0.5, 0.6) is 0 Å². The van der Waals surface area contributed by atoms with Gasteiger partial charge in [0, 0.05) is 11.9 Å². The van der Waals surface area contributed by atoms with Crippen molar-refractivity contribution in [2.45, 2.75) is 13.5 Å². The van der Waals surface area contributed by atoms with Crippen molar-refractivity contribution in [2.24, 2.45) is 0 Å². The highest BCUT2D eigenvalue weighted by Crippen LogP contribution is 2.06. The van der Waals surface area contributed by atoms with Crippen LogP contribution in [0.3, 0.4) is 0 Å². The molecule has 0 radical (unpaired) electrons. The zero-order chi connectivity index (χ0) is 11.5. The van der Waals surface area contributed by atoms with Gasteiger partial charge < -0.3 is 5.73 Å². The topological polar surface area (TPSA) is 102 Å². The molecule has 2 N–H and O–H groups in total. The van der Waals surface area contributed by atoms with Crippen LogP contribution in [0.2, 0.25) is 0 Å². The Hall–Kier alpha value is -1.55. The monoisotopic (exact) mass is 228 g/mol. The van der Waals surface area contributed by atoms with E-state index >= 15 is 0 Å². The summed E-state index contributed by atoms with van der Waals surface area (Å²) in [5.74, 6) is 0.246. The molecule has 1 aromatic heterocycles. The summed E-state index contributed by atoms with van der Waals surface area (Å²) in [6.07, 6.45) is 1.44. The summed E-state index contributed by atoms with van der Waals surface area (Å²) in [4.78, 5) is 0. The fraction of sp³-hybridized carbons (Fsp3) is 0.500. The molecule has 0 aliphatic heterocycles. The summed E-state index contributed by atoms with van der Waals surface area (Å²) in [7, 11) is -3.01. The van der Waals surface area contributed by atoms with Gasteiger partial charge in [0.2, 0.25) is 0 Å². The minimum Gasteiger partial charge on any atom is -0.381 e. The second-order valence-electron chi connectivity index (χ2n) is 3.04. The summed E-state index contributed by atoms with van der Waals surface area (Å²) in [5, 5.41) is 12.4. The van der Waals surface area contributed by atoms with Gasteiger partial charge in [0.15, 0.2) is 15.7 Å². The number of hydrogen-bond acceptors (Lipinski definition) is 5. The highest BCUT2D eigenvalue weighted by Gasteiger charge is 2.09. The molecule has 1 aromatic rings. The Morgan fingerprint density at radius 2 is 2.33 bits per heavy atom. The quantitative estimate of drug-likeness (QED) is 0.767. The van der Waals surface area contributed by atoms with Gasteiger partial charge in [0.05, 0.1) is 12.3 Å². The van der Waals surface area contributed by atoms with Crippen molar-refractivity contribution in [1.82, 2.24) is 9.78 Å². The Kier molecular flexibility index (Phi) is 3.31. The van der Waals surface area contributed by atoms with E-state index in [-0.39, 0.29) is 29.4 Å². The van der Waals surface area contributed by atoms with Crippen LogP contribution < -0.4 is 5.73 Å². The third-order valence-electron chi connectivity index (χ3n) is 1.98. The Morgan fingerprint density at radius 3 is 2.80 bits per heavy atom. The number of nitrogens with two attached hydrogens (primary N) is 1. The van der Waals surface area contributed by atoms with Crippen molar-refractivity contribution in [3.05, 3.63) is 11.8 Å². The van der Waals surface area contributed by atoms with E-state index in [0.717, 1.165) is 0 Å². The van der Waals surface area contributed by atoms with E-state index in [9.17, 15) is 8.42 Å². The Morgan fingerprint density at radius 1 is 1.67 bits per heavy atom. The van der Waals surface area contributed by atoms with Crippen LogP contribution in [0, 0.1) is 11.3 Å². The summed E-state index contributed by atoms with van der Waals surface area (Å²) < 4.78 is 23.8. The van der Waals surface area contributed by atoms with E-state index in [1.165, 1.54) is 10.9 Å². The second kappa shape index (κ2) is 4.31. The molecule has 0 saturated heterocycles. The number of aromatic nitrogens is 2. The van der Waals surface area contributed by atoms with E-state index in [1.807, 2.05) is 6.07 Å². The molecule has 0 bridgehead atoms. The SMILES string of the molecule is CCS(=O)(=O)CCn1cc(C#N)c(N)n1. The number of anilines is 1. The predicted octanol–water partition coefficient (Wildman–Crippen LogP) is -0.228. The van der Waals surface area contributed by atoms with Gasteiger partial charge in [0.1, 0.15) is 11.6 Å². The average Bonchev–Trinajstić information content (AvgIpc) is 2.56. The molecule has 0 unspecified atom stereocenters. The number of rotatable bonds is 4. The van der Waals surface area contributed by atoms with Gasteiger partial charge in [-0.1, -0.05) is 6.92 Å². The second-order valence-corrected chi connectivity index (χ2v) is 5.51. The van der Waals surface area contributed by atoms with Crippen molar-refractivity contribution in [3.8, 4) is 6.07 Å². The predicted molar refractivity (Wildman–Crippen MR) is 55.7 cm³/mol. The number of sulfone groups is 1. The van der Waals surface area contributed by atoms with E-state index in [4.69, 9.17) is 11.0 Å². The Bertz CT molecular complexity index is 483. The van der Waals surface area contributed by atoms with Crippen LogP contribution in [0.1, 0.15) is 12.5 Å². The molecular formula is C8H12N4O2S. The zero-order valence-electron chi connectivity index (χ0n) is 8.34. The highest BCUT2D eigenvalue weighted by atomic mass is 32.2. The number of nitrogens with zero attached hydrogens (tertiary/aromatic N) is 3. The number of nitrogen functional groups attached to an aromatic ring is 1. The molecule has 0 atom stereocenters. The maximum atomic E-state index is 11.2. The molecular weight excluding hydrogens is 216 g/mol. The molecule has 15 heavy (non-hydrogen) atoms. The standard InChI is InChI=1S/C8H12N4O2S/c1-2-15(13,14)4-3-12-6-7(5-9)8(10)11-12/h6H,2-4H2,1H3,(H2,10,11). The smallest absolute Gasteiger partial charge is 0.163 e. The van der Waals surface area contributed by atoms with E-state index in [2.05, 4.69) is 5.10 Å². The van der Waals surface area contributed by atoms with E-state index < -0.39 is 9.84 Å². The lowest BCUT2D eigenvalue weighted by atomic mass is 10.4. The van der Waals surface area contributed by atoms with E-state index in [1.54, 1.807) is 6.92 Å². The molecule has 82 valence electrons. The summed E-state index contributed by atoms with van der Waals surface area (Å²) in [6, 6.07) is 1.87. The molecule has 0 spiro atoms. The van der Waals surface area contributed by atoms with Gasteiger partial charge in [-0.25, -0.2) is 8.42 Å². The fourth-order valence-electron chi connectivity index (χ4n) is 1.01. The van der Waals surface area contributed by atoms with Crippen LogP contribution in [-0.4, -0.2) is 29.7 Å². The molecule has 0 aromatic carbocycles. The lowest BCUT2D eigenvalue weighted by Crippen LogP contribution is -2.15. The molecule has 0 aliphatic carbocycles. The van der Waals surface area contributed by atoms with Crippen LogP contribution >= 0.6 is 0 Å². The first-order valence-electron chi connectivity index (χ1n) is 4.42. The Balaban J connectivity index is 2.72. The zero-order valence-corrected chi connectivity index (χ0v) is 9.16. The van der Waals surface area contributed by atoms with Gasteiger partial charge in [-0.2, -0.15) is 10.4 Å². The minimum absolute atomic E-state index is 0.00941. The number of hydrogen-bond donors (Lipinski definition) is 1. The summed E-state index contributed by atoms with van der Waals surface area (Å²) in [6.45, 7) is 1.82. The normalized spacial score (nSPS) is 11.2. The third-order valence-corrected chi connectivity index (χ3v) is 3.67. The highest BCUT2D eigenvalue weighted by molar-refractivity contribution is 7.91. The van der Waals surface area contributed by atoms with Gasteiger partial charge in [-0.05, 0) is 0 Å². The first-order chi connectivity index (χ1) is 6.98. The van der Waals surface area contributed by atoms with Crippen molar-refractivity contribution >= 4 is 15.7 Å². The van der Waals surface area contributed by atoms with Gasteiger partial charge >= 0.3 is 0 Å². The number of nitriles is 1. The Labute approximate surface area is 88.2 Å². The first-order valence-corrected chi connectivity index (χ1v) is 6.24. The molecule has 1 heterocycles. The summed E-state index contributed by atoms with van der Waals surface area (Å²) in [5.41, 5.74) is 5.69. The molecule has 1 rings (SSSR count). The minimum atomic E-state index is -3.01.